The molecule has 0 saturated carbocycles. The molecule has 7 nitrogen and oxygen atoms in total. The van der Waals surface area contributed by atoms with Gasteiger partial charge in [0.05, 0.1) is 18.8 Å². The van der Waals surface area contributed by atoms with Gasteiger partial charge in [-0.15, -0.1) is 11.8 Å². The molecule has 2 aliphatic heterocycles. The molecule has 234 valence electrons. The zero-order valence-corrected chi connectivity index (χ0v) is 25.0. The molecule has 2 heterocycles. The van der Waals surface area contributed by atoms with Crippen LogP contribution in [0.1, 0.15) is 54.4 Å². The molecule has 44 heavy (non-hydrogen) atoms. The highest BCUT2D eigenvalue weighted by Crippen LogP contribution is 2.43. The van der Waals surface area contributed by atoms with Gasteiger partial charge in [0.1, 0.15) is 6.04 Å². The Balaban J connectivity index is 1.26. The SMILES string of the molecule is CC1C(CSc2ccccc2)OC(c2ccc(CNC(=O)C3CCCN3C(=O)C(F)(F)F)cc2)OC1c1ccc(CO)cc1. The number of nitrogens with one attached hydrogen (secondary N) is 1. The van der Waals surface area contributed by atoms with E-state index in [0.717, 1.165) is 32.9 Å². The Morgan fingerprint density at radius 1 is 0.955 bits per heavy atom. The molecule has 3 aromatic rings. The van der Waals surface area contributed by atoms with Crippen LogP contribution in [0, 0.1) is 5.92 Å². The summed E-state index contributed by atoms with van der Waals surface area (Å²) in [5.41, 5.74) is 3.33. The molecule has 2 saturated heterocycles. The van der Waals surface area contributed by atoms with Crippen molar-refractivity contribution in [2.24, 2.45) is 5.92 Å². The fourth-order valence-corrected chi connectivity index (χ4v) is 6.64. The van der Waals surface area contributed by atoms with Crippen molar-refractivity contribution in [2.45, 2.75) is 68.5 Å². The minimum atomic E-state index is -5.01. The van der Waals surface area contributed by atoms with Gasteiger partial charge in [-0.3, -0.25) is 9.59 Å². The number of halogens is 3. The second kappa shape index (κ2) is 14.2. The zero-order chi connectivity index (χ0) is 31.3. The maximum absolute atomic E-state index is 12.9. The number of benzene rings is 3. The van der Waals surface area contributed by atoms with Crippen LogP contribution in [0.4, 0.5) is 13.2 Å². The summed E-state index contributed by atoms with van der Waals surface area (Å²) in [6, 6.07) is 24.0. The Kier molecular flexibility index (Phi) is 10.3. The highest BCUT2D eigenvalue weighted by atomic mass is 32.2. The topological polar surface area (TPSA) is 88.1 Å². The van der Waals surface area contributed by atoms with Crippen molar-refractivity contribution in [3.8, 4) is 0 Å². The van der Waals surface area contributed by atoms with Gasteiger partial charge < -0.3 is 24.8 Å². The van der Waals surface area contributed by atoms with Crippen molar-refractivity contribution >= 4 is 23.6 Å². The quantitative estimate of drug-likeness (QED) is 0.286. The Labute approximate surface area is 258 Å². The normalized spacial score (nSPS) is 23.8. The Hall–Kier alpha value is -3.38. The van der Waals surface area contributed by atoms with E-state index >= 15 is 0 Å². The zero-order valence-electron chi connectivity index (χ0n) is 24.2. The summed E-state index contributed by atoms with van der Waals surface area (Å²) in [6.07, 6.45) is -5.52. The predicted octanol–water partition coefficient (Wildman–Crippen LogP) is 5.93. The summed E-state index contributed by atoms with van der Waals surface area (Å²) in [5.74, 6) is -1.83. The van der Waals surface area contributed by atoms with Crippen molar-refractivity contribution in [2.75, 3.05) is 12.3 Å². The number of aliphatic hydroxyl groups is 1. The van der Waals surface area contributed by atoms with E-state index in [1.54, 1.807) is 11.8 Å². The molecule has 2 N–H and O–H groups in total. The third kappa shape index (κ3) is 7.63. The second-order valence-corrected chi connectivity index (χ2v) is 12.2. The number of likely N-dealkylation sites (tertiary alicyclic amines) is 1. The molecule has 5 unspecified atom stereocenters. The van der Waals surface area contributed by atoms with Crippen LogP contribution in [0.15, 0.2) is 83.8 Å². The van der Waals surface area contributed by atoms with Gasteiger partial charge in [0, 0.05) is 35.2 Å². The van der Waals surface area contributed by atoms with Crippen LogP contribution in [0.5, 0.6) is 0 Å². The van der Waals surface area contributed by atoms with E-state index in [1.807, 2.05) is 66.7 Å². The Morgan fingerprint density at radius 3 is 2.27 bits per heavy atom. The van der Waals surface area contributed by atoms with Gasteiger partial charge in [-0.25, -0.2) is 0 Å². The van der Waals surface area contributed by atoms with E-state index in [1.165, 1.54) is 0 Å². The summed E-state index contributed by atoms with van der Waals surface area (Å²) < 4.78 is 51.8. The van der Waals surface area contributed by atoms with Crippen LogP contribution < -0.4 is 5.32 Å². The minimum absolute atomic E-state index is 0.0382. The van der Waals surface area contributed by atoms with E-state index in [0.29, 0.717) is 11.3 Å². The number of ether oxygens (including phenoxy) is 2. The summed E-state index contributed by atoms with van der Waals surface area (Å²) in [6.45, 7) is 2.07. The maximum Gasteiger partial charge on any atom is 0.471 e. The number of carbonyl (C=O) groups excluding carboxylic acids is 2. The van der Waals surface area contributed by atoms with Crippen LogP contribution in [0.25, 0.3) is 0 Å². The number of alkyl halides is 3. The van der Waals surface area contributed by atoms with E-state index < -0.39 is 30.3 Å². The lowest BCUT2D eigenvalue weighted by Gasteiger charge is -2.41. The molecule has 2 fully saturated rings. The molecule has 3 aromatic carbocycles. The van der Waals surface area contributed by atoms with E-state index in [-0.39, 0.29) is 44.2 Å². The fraction of sp³-hybridized carbons (Fsp3) is 0.394. The van der Waals surface area contributed by atoms with Gasteiger partial charge in [0.2, 0.25) is 5.91 Å². The lowest BCUT2D eigenvalue weighted by Crippen LogP contribution is -2.50. The number of carbonyl (C=O) groups is 2. The number of aliphatic hydroxyl groups excluding tert-OH is 1. The molecule has 5 rings (SSSR count). The van der Waals surface area contributed by atoms with Crippen molar-refractivity contribution in [3.05, 3.63) is 101 Å². The molecule has 2 amide bonds. The average Bonchev–Trinajstić information content (AvgIpc) is 3.53. The largest absolute Gasteiger partial charge is 0.471 e. The maximum atomic E-state index is 12.9. The van der Waals surface area contributed by atoms with Crippen LogP contribution >= 0.6 is 11.8 Å². The molecular weight excluding hydrogens is 593 g/mol. The first kappa shape index (κ1) is 32.0. The number of hydrogen-bond donors (Lipinski definition) is 2. The van der Waals surface area contributed by atoms with Gasteiger partial charge in [0.15, 0.2) is 6.29 Å². The Bertz CT molecular complexity index is 1410. The van der Waals surface area contributed by atoms with Gasteiger partial charge in [-0.05, 0) is 41.7 Å². The van der Waals surface area contributed by atoms with Crippen molar-refractivity contribution in [1.29, 1.82) is 0 Å². The highest BCUT2D eigenvalue weighted by Gasteiger charge is 2.47. The van der Waals surface area contributed by atoms with Crippen LogP contribution in [0.3, 0.4) is 0 Å². The standard InChI is InChI=1S/C33H35F3N2O5S/c1-21-28(20-44-26-6-3-2-4-7-26)42-31(43-29(21)24-13-11-23(19-39)12-14-24)25-15-9-22(10-16-25)18-37-30(40)27-8-5-17-38(27)32(41)33(34,35)36/h2-4,6-7,9-16,21,27-29,31,39H,5,8,17-20H2,1H3,(H,37,40). The van der Waals surface area contributed by atoms with Crippen LogP contribution in [-0.4, -0.2) is 52.4 Å². The summed E-state index contributed by atoms with van der Waals surface area (Å²) in [5, 5.41) is 12.2. The molecule has 0 aliphatic carbocycles. The first-order valence-electron chi connectivity index (χ1n) is 14.6. The summed E-state index contributed by atoms with van der Waals surface area (Å²) in [7, 11) is 0. The average molecular weight is 629 g/mol. The van der Waals surface area contributed by atoms with E-state index in [4.69, 9.17) is 9.47 Å². The summed E-state index contributed by atoms with van der Waals surface area (Å²) >= 11 is 1.72. The van der Waals surface area contributed by atoms with Gasteiger partial charge in [-0.1, -0.05) is 73.7 Å². The smallest absolute Gasteiger partial charge is 0.392 e. The molecule has 0 bridgehead atoms. The Morgan fingerprint density at radius 2 is 1.61 bits per heavy atom. The predicted molar refractivity (Wildman–Crippen MR) is 159 cm³/mol. The minimum Gasteiger partial charge on any atom is -0.392 e. The van der Waals surface area contributed by atoms with E-state index in [9.17, 15) is 27.9 Å². The molecular formula is C33H35F3N2O5S. The van der Waals surface area contributed by atoms with Crippen molar-refractivity contribution in [1.82, 2.24) is 10.2 Å². The van der Waals surface area contributed by atoms with Crippen LogP contribution in [0.2, 0.25) is 0 Å². The third-order valence-corrected chi connectivity index (χ3v) is 9.16. The van der Waals surface area contributed by atoms with E-state index in [2.05, 4.69) is 24.4 Å². The number of hydrogen-bond acceptors (Lipinski definition) is 6. The first-order valence-corrected chi connectivity index (χ1v) is 15.6. The number of amides is 2. The molecule has 11 heteroatoms. The van der Waals surface area contributed by atoms with Crippen molar-refractivity contribution in [3.63, 3.8) is 0 Å². The summed E-state index contributed by atoms with van der Waals surface area (Å²) in [4.78, 5) is 26.2. The lowest BCUT2D eigenvalue weighted by atomic mass is 9.91. The van der Waals surface area contributed by atoms with Crippen LogP contribution in [-0.2, 0) is 32.2 Å². The van der Waals surface area contributed by atoms with Crippen molar-refractivity contribution < 1.29 is 37.3 Å². The van der Waals surface area contributed by atoms with Gasteiger partial charge in [-0.2, -0.15) is 13.2 Å². The molecule has 2 aliphatic rings. The van der Waals surface area contributed by atoms with Gasteiger partial charge in [0.25, 0.3) is 0 Å². The fourth-order valence-electron chi connectivity index (χ4n) is 5.55. The van der Waals surface area contributed by atoms with Gasteiger partial charge >= 0.3 is 12.1 Å². The highest BCUT2D eigenvalue weighted by molar-refractivity contribution is 7.99. The molecule has 0 spiro atoms. The number of rotatable bonds is 9. The molecule has 0 radical (unpaired) electrons. The monoisotopic (exact) mass is 628 g/mol. The molecule has 5 atom stereocenters. The lowest BCUT2D eigenvalue weighted by molar-refractivity contribution is -0.268. The molecule has 0 aromatic heterocycles. The first-order chi connectivity index (χ1) is 21.1. The number of nitrogens with zero attached hydrogens (tertiary/aromatic N) is 1. The number of thioether (sulfide) groups is 1. The second-order valence-electron chi connectivity index (χ2n) is 11.1. The third-order valence-electron chi connectivity index (χ3n) is 8.06.